The third-order valence-corrected chi connectivity index (χ3v) is 1.51. The Labute approximate surface area is 78.5 Å². The van der Waals surface area contributed by atoms with Crippen LogP contribution in [0.4, 0.5) is 0 Å². The molecule has 0 aliphatic rings. The number of aliphatic hydroxyl groups is 1. The van der Waals surface area contributed by atoms with Crippen LogP contribution in [0.25, 0.3) is 0 Å². The number of allylic oxidation sites excluding steroid dienone is 2. The maximum Gasteiger partial charge on any atom is 0.217 e. The van der Waals surface area contributed by atoms with Gasteiger partial charge < -0.3 is 10.4 Å². The van der Waals surface area contributed by atoms with Gasteiger partial charge in [-0.15, -0.1) is 0 Å². The monoisotopic (exact) mass is 181 g/mol. The van der Waals surface area contributed by atoms with Crippen LogP contribution in [0, 0.1) is 0 Å². The van der Waals surface area contributed by atoms with Crippen molar-refractivity contribution in [3.63, 3.8) is 0 Å². The van der Waals surface area contributed by atoms with Gasteiger partial charge in [-0.3, -0.25) is 4.79 Å². The zero-order chi connectivity index (χ0) is 10.3. The van der Waals surface area contributed by atoms with E-state index >= 15 is 0 Å². The van der Waals surface area contributed by atoms with Gasteiger partial charge in [0.15, 0.2) is 0 Å². The molecular formula is C10H15NO2. The van der Waals surface area contributed by atoms with Gasteiger partial charge in [-0.25, -0.2) is 0 Å². The van der Waals surface area contributed by atoms with E-state index in [1.165, 1.54) is 6.92 Å². The Morgan fingerprint density at radius 2 is 2.23 bits per heavy atom. The first-order valence-corrected chi connectivity index (χ1v) is 3.98. The van der Waals surface area contributed by atoms with Crippen LogP contribution in [0.1, 0.15) is 6.92 Å². The second-order valence-electron chi connectivity index (χ2n) is 2.54. The van der Waals surface area contributed by atoms with Gasteiger partial charge in [0.05, 0.1) is 12.6 Å². The zero-order valence-corrected chi connectivity index (χ0v) is 7.79. The molecule has 1 amide bonds. The molecule has 0 rings (SSSR count). The summed E-state index contributed by atoms with van der Waals surface area (Å²) in [6, 6.07) is -0.395. The molecule has 2 N–H and O–H groups in total. The van der Waals surface area contributed by atoms with Crippen LogP contribution in [0.5, 0.6) is 0 Å². The summed E-state index contributed by atoms with van der Waals surface area (Å²) in [5.41, 5.74) is 0.743. The number of rotatable bonds is 5. The van der Waals surface area contributed by atoms with Crippen LogP contribution < -0.4 is 5.32 Å². The summed E-state index contributed by atoms with van der Waals surface area (Å²) in [5, 5.41) is 11.6. The van der Waals surface area contributed by atoms with Crippen LogP contribution in [0.15, 0.2) is 37.0 Å². The summed E-state index contributed by atoms with van der Waals surface area (Å²) in [7, 11) is 0. The van der Waals surface area contributed by atoms with Gasteiger partial charge in [-0.2, -0.15) is 0 Å². The molecule has 0 fully saturated rings. The average molecular weight is 181 g/mol. The fourth-order valence-corrected chi connectivity index (χ4v) is 0.942. The average Bonchev–Trinajstić information content (AvgIpc) is 2.10. The van der Waals surface area contributed by atoms with E-state index in [0.717, 1.165) is 5.57 Å². The van der Waals surface area contributed by atoms with Gasteiger partial charge in [0, 0.05) is 6.92 Å². The SMILES string of the molecule is C=C/C=C(\C=C)[C@H](CO)NC(C)=O. The van der Waals surface area contributed by atoms with Crippen molar-refractivity contribution in [2.45, 2.75) is 13.0 Å². The number of carbonyl (C=O) groups excluding carboxylic acids is 1. The Bertz CT molecular complexity index is 231. The van der Waals surface area contributed by atoms with Crippen molar-refractivity contribution in [2.24, 2.45) is 0 Å². The molecule has 1 atom stereocenters. The molecule has 0 bridgehead atoms. The van der Waals surface area contributed by atoms with Crippen molar-refractivity contribution < 1.29 is 9.90 Å². The molecule has 3 heteroatoms. The predicted molar refractivity (Wildman–Crippen MR) is 53.2 cm³/mol. The molecule has 0 aromatic carbocycles. The molecule has 0 aliphatic carbocycles. The Hall–Kier alpha value is -1.35. The van der Waals surface area contributed by atoms with E-state index < -0.39 is 6.04 Å². The first-order valence-electron chi connectivity index (χ1n) is 3.98. The van der Waals surface area contributed by atoms with Gasteiger partial charge in [-0.05, 0) is 5.57 Å². The lowest BCUT2D eigenvalue weighted by atomic mass is 10.1. The van der Waals surface area contributed by atoms with Crippen molar-refractivity contribution in [1.82, 2.24) is 5.32 Å². The summed E-state index contributed by atoms with van der Waals surface area (Å²) in [5.74, 6) is -0.184. The van der Waals surface area contributed by atoms with Crippen LogP contribution in [0.3, 0.4) is 0 Å². The third kappa shape index (κ3) is 4.28. The summed E-state index contributed by atoms with van der Waals surface area (Å²) in [6.07, 6.45) is 4.86. The first-order chi connectivity index (χ1) is 6.15. The molecule has 0 spiro atoms. The Morgan fingerprint density at radius 3 is 2.54 bits per heavy atom. The van der Waals surface area contributed by atoms with Gasteiger partial charge in [0.1, 0.15) is 0 Å². The lowest BCUT2D eigenvalue weighted by Gasteiger charge is -2.15. The van der Waals surface area contributed by atoms with Gasteiger partial charge in [0.25, 0.3) is 0 Å². The number of amides is 1. The van der Waals surface area contributed by atoms with E-state index in [1.807, 2.05) is 0 Å². The Kier molecular flexibility index (Phi) is 5.55. The smallest absolute Gasteiger partial charge is 0.217 e. The van der Waals surface area contributed by atoms with E-state index in [-0.39, 0.29) is 12.5 Å². The molecule has 0 aliphatic heterocycles. The topological polar surface area (TPSA) is 49.3 Å². The number of carbonyl (C=O) groups is 1. The normalized spacial score (nSPS) is 13.2. The Balaban J connectivity index is 4.51. The minimum Gasteiger partial charge on any atom is -0.394 e. The molecule has 72 valence electrons. The van der Waals surface area contributed by atoms with Gasteiger partial charge in [0.2, 0.25) is 5.91 Å². The highest BCUT2D eigenvalue weighted by Crippen LogP contribution is 2.03. The largest absolute Gasteiger partial charge is 0.394 e. The van der Waals surface area contributed by atoms with Gasteiger partial charge >= 0.3 is 0 Å². The maximum absolute atomic E-state index is 10.7. The maximum atomic E-state index is 10.7. The molecule has 0 unspecified atom stereocenters. The second kappa shape index (κ2) is 6.20. The van der Waals surface area contributed by atoms with Gasteiger partial charge in [-0.1, -0.05) is 31.4 Å². The summed E-state index contributed by atoms with van der Waals surface area (Å²) < 4.78 is 0. The van der Waals surface area contributed by atoms with Crippen LogP contribution >= 0.6 is 0 Å². The molecule has 0 aromatic heterocycles. The van der Waals surface area contributed by atoms with Crippen molar-refractivity contribution in [3.8, 4) is 0 Å². The molecule has 0 heterocycles. The first kappa shape index (κ1) is 11.6. The molecule has 3 nitrogen and oxygen atoms in total. The van der Waals surface area contributed by atoms with Crippen molar-refractivity contribution in [3.05, 3.63) is 37.0 Å². The number of aliphatic hydroxyl groups excluding tert-OH is 1. The van der Waals surface area contributed by atoms with Crippen LogP contribution in [-0.2, 0) is 4.79 Å². The van der Waals surface area contributed by atoms with Crippen molar-refractivity contribution in [1.29, 1.82) is 0 Å². The standard InChI is InChI=1S/C10H15NO2/c1-4-6-9(5-2)10(7-12)11-8(3)13/h4-6,10,12H,1-2,7H2,3H3,(H,11,13)/b9-6+/t10-/m0/s1. The lowest BCUT2D eigenvalue weighted by molar-refractivity contribution is -0.119. The van der Waals surface area contributed by atoms with E-state index in [4.69, 9.17) is 5.11 Å². The lowest BCUT2D eigenvalue weighted by Crippen LogP contribution is -2.37. The molecule has 0 saturated heterocycles. The Morgan fingerprint density at radius 1 is 1.62 bits per heavy atom. The third-order valence-electron chi connectivity index (χ3n) is 1.51. The fourth-order valence-electron chi connectivity index (χ4n) is 0.942. The minimum atomic E-state index is -0.395. The highest BCUT2D eigenvalue weighted by atomic mass is 16.3. The highest BCUT2D eigenvalue weighted by Gasteiger charge is 2.10. The molecule has 0 saturated carbocycles. The number of hydrogen-bond acceptors (Lipinski definition) is 2. The van der Waals surface area contributed by atoms with E-state index in [2.05, 4.69) is 18.5 Å². The zero-order valence-electron chi connectivity index (χ0n) is 7.79. The number of hydrogen-bond donors (Lipinski definition) is 2. The summed E-state index contributed by atoms with van der Waals surface area (Å²) in [4.78, 5) is 10.7. The minimum absolute atomic E-state index is 0.148. The van der Waals surface area contributed by atoms with Crippen molar-refractivity contribution >= 4 is 5.91 Å². The van der Waals surface area contributed by atoms with Crippen LogP contribution in [0.2, 0.25) is 0 Å². The quantitative estimate of drug-likeness (QED) is 0.616. The second-order valence-corrected chi connectivity index (χ2v) is 2.54. The van der Waals surface area contributed by atoms with Crippen molar-refractivity contribution in [2.75, 3.05) is 6.61 Å². The molecular weight excluding hydrogens is 166 g/mol. The number of nitrogens with one attached hydrogen (secondary N) is 1. The predicted octanol–water partition coefficient (Wildman–Crippen LogP) is 0.782. The molecule has 13 heavy (non-hydrogen) atoms. The van der Waals surface area contributed by atoms with E-state index in [9.17, 15) is 4.79 Å². The van der Waals surface area contributed by atoms with E-state index in [1.54, 1.807) is 18.2 Å². The summed E-state index contributed by atoms with van der Waals surface area (Å²) >= 11 is 0. The molecule has 0 radical (unpaired) electrons. The van der Waals surface area contributed by atoms with E-state index in [0.29, 0.717) is 0 Å². The van der Waals surface area contributed by atoms with Crippen LogP contribution in [-0.4, -0.2) is 23.7 Å². The molecule has 0 aromatic rings. The fraction of sp³-hybridized carbons (Fsp3) is 0.300. The summed E-state index contributed by atoms with van der Waals surface area (Å²) in [6.45, 7) is 8.36. The highest BCUT2D eigenvalue weighted by molar-refractivity contribution is 5.73.